The van der Waals surface area contributed by atoms with E-state index in [1.807, 2.05) is 43.7 Å². The van der Waals surface area contributed by atoms with Crippen molar-refractivity contribution in [2.24, 2.45) is 0 Å². The minimum absolute atomic E-state index is 0.0643. The average Bonchev–Trinajstić information content (AvgIpc) is 3.55. The van der Waals surface area contributed by atoms with E-state index >= 15 is 0 Å². The largest absolute Gasteiger partial charge is 0.487 e. The lowest BCUT2D eigenvalue weighted by atomic mass is 10.1. The molecule has 2 heterocycles. The summed E-state index contributed by atoms with van der Waals surface area (Å²) >= 11 is 0. The Hall–Kier alpha value is -3.76. The van der Waals surface area contributed by atoms with Crippen LogP contribution in [0.3, 0.4) is 0 Å². The van der Waals surface area contributed by atoms with Gasteiger partial charge in [0.2, 0.25) is 5.89 Å². The van der Waals surface area contributed by atoms with Gasteiger partial charge in [-0.15, -0.1) is 0 Å². The van der Waals surface area contributed by atoms with Crippen LogP contribution < -0.4 is 4.74 Å². The van der Waals surface area contributed by atoms with Gasteiger partial charge in [-0.2, -0.15) is 13.2 Å². The van der Waals surface area contributed by atoms with E-state index < -0.39 is 17.8 Å². The second-order valence-electron chi connectivity index (χ2n) is 9.77. The van der Waals surface area contributed by atoms with Crippen molar-refractivity contribution in [2.45, 2.75) is 50.7 Å². The lowest BCUT2D eigenvalue weighted by Crippen LogP contribution is -2.40. The highest BCUT2D eigenvalue weighted by atomic mass is 19.4. The summed E-state index contributed by atoms with van der Waals surface area (Å²) in [6.45, 7) is 0.870. The third-order valence-electron chi connectivity index (χ3n) is 6.71. The van der Waals surface area contributed by atoms with Crippen molar-refractivity contribution in [1.82, 2.24) is 14.8 Å². The summed E-state index contributed by atoms with van der Waals surface area (Å²) < 4.78 is 49.3. The highest BCUT2D eigenvalue weighted by Crippen LogP contribution is 2.29. The second kappa shape index (κ2) is 13.5. The summed E-state index contributed by atoms with van der Waals surface area (Å²) in [5.74, 6) is 1.05. The maximum atomic E-state index is 12.7. The van der Waals surface area contributed by atoms with Crippen LogP contribution >= 0.6 is 0 Å². The fourth-order valence-corrected chi connectivity index (χ4v) is 4.42. The van der Waals surface area contributed by atoms with Crippen molar-refractivity contribution >= 4 is 12.2 Å². The third kappa shape index (κ3) is 8.37. The third-order valence-corrected chi connectivity index (χ3v) is 6.71. The number of ether oxygens (including phenoxy) is 1. The number of rotatable bonds is 13. The van der Waals surface area contributed by atoms with Crippen molar-refractivity contribution in [2.75, 3.05) is 20.2 Å². The number of aryl methyl sites for hydroxylation is 1. The van der Waals surface area contributed by atoms with Gasteiger partial charge in [-0.05, 0) is 60.7 Å². The molecule has 40 heavy (non-hydrogen) atoms. The first-order valence-electron chi connectivity index (χ1n) is 13.2. The number of oxazole rings is 1. The predicted molar refractivity (Wildman–Crippen MR) is 146 cm³/mol. The zero-order chi connectivity index (χ0) is 28.5. The molecule has 2 aromatic carbocycles. The maximum Gasteiger partial charge on any atom is 0.416 e. The molecule has 0 saturated heterocycles. The number of aromatic nitrogens is 1. The van der Waals surface area contributed by atoms with Gasteiger partial charge in [-0.1, -0.05) is 24.3 Å². The summed E-state index contributed by atoms with van der Waals surface area (Å²) in [5, 5.41) is 19.0. The van der Waals surface area contributed by atoms with Crippen LogP contribution in [-0.4, -0.2) is 57.5 Å². The first kappa shape index (κ1) is 29.2. The smallest absolute Gasteiger partial charge is 0.416 e. The number of hydrogen-bond donors (Lipinski definition) is 2. The van der Waals surface area contributed by atoms with E-state index in [2.05, 4.69) is 14.8 Å². The number of halogens is 3. The fraction of sp³-hybridized carbons (Fsp3) is 0.367. The normalized spacial score (nSPS) is 16.3. The average molecular weight is 558 g/mol. The molecule has 2 unspecified atom stereocenters. The molecule has 2 atom stereocenters. The molecular weight excluding hydrogens is 523 g/mol. The molecule has 10 heteroatoms. The maximum absolute atomic E-state index is 12.7. The van der Waals surface area contributed by atoms with Crippen molar-refractivity contribution in [3.63, 3.8) is 0 Å². The number of unbranched alkanes of at least 4 members (excludes halogenated alkanes) is 1. The second-order valence-corrected chi connectivity index (χ2v) is 9.77. The minimum atomic E-state index is -4.36. The summed E-state index contributed by atoms with van der Waals surface area (Å²) in [6, 6.07) is 12.8. The van der Waals surface area contributed by atoms with Gasteiger partial charge >= 0.3 is 6.18 Å². The topological polar surface area (TPSA) is 82.2 Å². The molecule has 7 nitrogen and oxygen atoms in total. The Morgan fingerprint density at radius 2 is 1.80 bits per heavy atom. The van der Waals surface area contributed by atoms with Gasteiger partial charge in [-0.25, -0.2) is 4.98 Å². The summed E-state index contributed by atoms with van der Waals surface area (Å²) in [6.07, 6.45) is 7.19. The van der Waals surface area contributed by atoms with E-state index in [0.717, 1.165) is 37.9 Å². The summed E-state index contributed by atoms with van der Waals surface area (Å²) in [5.41, 5.74) is 1.72. The highest BCUT2D eigenvalue weighted by molar-refractivity contribution is 5.66. The Morgan fingerprint density at radius 1 is 1.05 bits per heavy atom. The van der Waals surface area contributed by atoms with E-state index in [4.69, 9.17) is 14.3 Å². The molecule has 214 valence electrons. The van der Waals surface area contributed by atoms with Crippen molar-refractivity contribution < 1.29 is 32.5 Å². The van der Waals surface area contributed by atoms with E-state index in [1.54, 1.807) is 12.2 Å². The zero-order valence-corrected chi connectivity index (χ0v) is 22.3. The van der Waals surface area contributed by atoms with Gasteiger partial charge in [0, 0.05) is 38.5 Å². The van der Waals surface area contributed by atoms with Gasteiger partial charge in [0.25, 0.3) is 0 Å². The van der Waals surface area contributed by atoms with E-state index in [1.165, 1.54) is 24.0 Å². The van der Waals surface area contributed by atoms with Crippen LogP contribution in [0.25, 0.3) is 12.2 Å². The van der Waals surface area contributed by atoms with E-state index in [9.17, 15) is 18.3 Å². The molecule has 3 aromatic rings. The van der Waals surface area contributed by atoms with Gasteiger partial charge in [0.05, 0.1) is 18.3 Å². The standard InChI is InChI=1S/C30H34F3N3O4/c1-35-16-17-36(29(35)18-26(38)19-37)15-3-2-4-22-7-12-27(13-8-22)39-20-25-21-40-28(34-25)14-9-23-5-10-24(11-6-23)30(31,32)33/h5-14,16-17,21,26,29,37-38H,2-4,15,18-20H2,1H3/b14-9+. The minimum Gasteiger partial charge on any atom is -0.487 e. The molecule has 0 fully saturated rings. The molecule has 0 saturated carbocycles. The quantitative estimate of drug-likeness (QED) is 0.267. The van der Waals surface area contributed by atoms with Gasteiger partial charge in [-0.3, -0.25) is 0 Å². The molecule has 0 bridgehead atoms. The fourth-order valence-electron chi connectivity index (χ4n) is 4.42. The van der Waals surface area contributed by atoms with Crippen LogP contribution in [-0.2, 0) is 19.2 Å². The summed E-state index contributed by atoms with van der Waals surface area (Å²) in [4.78, 5) is 8.59. The Balaban J connectivity index is 1.17. The van der Waals surface area contributed by atoms with Crippen LogP contribution in [0.1, 0.15) is 47.5 Å². The van der Waals surface area contributed by atoms with Crippen LogP contribution in [0.2, 0.25) is 0 Å². The number of benzene rings is 2. The Kier molecular flexibility index (Phi) is 9.89. The molecule has 0 radical (unpaired) electrons. The van der Waals surface area contributed by atoms with Crippen LogP contribution in [0, 0.1) is 0 Å². The lowest BCUT2D eigenvalue weighted by Gasteiger charge is -2.31. The molecule has 1 aromatic heterocycles. The van der Waals surface area contributed by atoms with Gasteiger partial charge in [0.15, 0.2) is 0 Å². The number of alkyl halides is 3. The van der Waals surface area contributed by atoms with Crippen molar-refractivity contribution in [1.29, 1.82) is 0 Å². The Labute approximate surface area is 231 Å². The molecule has 1 aliphatic heterocycles. The predicted octanol–water partition coefficient (Wildman–Crippen LogP) is 5.55. The zero-order valence-electron chi connectivity index (χ0n) is 22.3. The summed E-state index contributed by atoms with van der Waals surface area (Å²) in [7, 11) is 1.97. The van der Waals surface area contributed by atoms with Crippen molar-refractivity contribution in [3.8, 4) is 5.75 Å². The molecule has 2 N–H and O–H groups in total. The molecule has 1 aliphatic rings. The number of nitrogens with zero attached hydrogens (tertiary/aromatic N) is 3. The first-order chi connectivity index (χ1) is 19.2. The highest BCUT2D eigenvalue weighted by Gasteiger charge is 2.29. The van der Waals surface area contributed by atoms with Gasteiger partial charge < -0.3 is 29.2 Å². The molecule has 0 aliphatic carbocycles. The SMILES string of the molecule is CN1C=CN(CCCCc2ccc(OCc3coc(/C=C/c4ccc(C(F)(F)F)cc4)n3)cc2)C1CC(O)CO. The molecule has 0 amide bonds. The van der Waals surface area contributed by atoms with Crippen molar-refractivity contribution in [3.05, 3.63) is 95.5 Å². The molecule has 4 rings (SSSR count). The first-order valence-corrected chi connectivity index (χ1v) is 13.2. The van der Waals surface area contributed by atoms with Crippen LogP contribution in [0.5, 0.6) is 5.75 Å². The van der Waals surface area contributed by atoms with E-state index in [0.29, 0.717) is 29.3 Å². The van der Waals surface area contributed by atoms with Crippen LogP contribution in [0.4, 0.5) is 13.2 Å². The Bertz CT molecular complexity index is 1260. The number of aliphatic hydroxyl groups is 2. The van der Waals surface area contributed by atoms with Crippen LogP contribution in [0.15, 0.2) is 71.6 Å². The monoisotopic (exact) mass is 557 g/mol. The molecule has 0 spiro atoms. The Morgan fingerprint density at radius 3 is 2.50 bits per heavy atom. The van der Waals surface area contributed by atoms with E-state index in [-0.39, 0.29) is 19.4 Å². The van der Waals surface area contributed by atoms with Gasteiger partial charge in [0.1, 0.15) is 30.5 Å². The molecular formula is C30H34F3N3O4. The number of hydrogen-bond acceptors (Lipinski definition) is 7. The lowest BCUT2D eigenvalue weighted by molar-refractivity contribution is -0.137. The number of aliphatic hydroxyl groups excluding tert-OH is 2.